The Balaban J connectivity index is 2.23. The largest absolute Gasteiger partial charge is 0.365 e. The molecule has 3 rings (SSSR count). The number of hydrogen-bond acceptors (Lipinski definition) is 2. The molecule has 1 N–H and O–H groups in total. The molecule has 0 atom stereocenters. The van der Waals surface area contributed by atoms with Crippen LogP contribution in [0.25, 0.3) is 16.9 Å². The van der Waals surface area contributed by atoms with E-state index in [9.17, 15) is 0 Å². The van der Waals surface area contributed by atoms with Gasteiger partial charge in [-0.15, -0.1) is 0 Å². The van der Waals surface area contributed by atoms with Gasteiger partial charge in [0.15, 0.2) is 0 Å². The summed E-state index contributed by atoms with van der Waals surface area (Å²) in [4.78, 5) is 4.81. The zero-order valence-electron chi connectivity index (χ0n) is 13.3. The molecule has 2 aromatic heterocycles. The zero-order valence-corrected chi connectivity index (χ0v) is 14.1. The zero-order chi connectivity index (χ0) is 15.9. The van der Waals surface area contributed by atoms with Gasteiger partial charge in [-0.2, -0.15) is 0 Å². The van der Waals surface area contributed by atoms with Gasteiger partial charge in [-0.25, -0.2) is 4.98 Å². The Bertz CT molecular complexity index is 811. The Hall–Kier alpha value is -2.00. The van der Waals surface area contributed by atoms with Crippen molar-refractivity contribution in [3.63, 3.8) is 0 Å². The fraction of sp³-hybridized carbons (Fsp3) is 0.278. The van der Waals surface area contributed by atoms with Gasteiger partial charge < -0.3 is 5.32 Å². The predicted molar refractivity (Wildman–Crippen MR) is 93.8 cm³/mol. The number of anilines is 1. The van der Waals surface area contributed by atoms with Crippen molar-refractivity contribution in [1.82, 2.24) is 9.38 Å². The SMILES string of the molecule is Cc1ccn2c(NC(C)(C)C)c(-c3ccc(Cl)cc3)nc2c1. The summed E-state index contributed by atoms with van der Waals surface area (Å²) in [5, 5.41) is 4.30. The Labute approximate surface area is 136 Å². The topological polar surface area (TPSA) is 29.3 Å². The van der Waals surface area contributed by atoms with Crippen LogP contribution in [-0.4, -0.2) is 14.9 Å². The molecule has 114 valence electrons. The standard InChI is InChI=1S/C18H20ClN3/c1-12-9-10-22-15(11-12)20-16(17(22)21-18(2,3)4)13-5-7-14(19)8-6-13/h5-11,21H,1-4H3. The Kier molecular flexibility index (Phi) is 3.61. The molecule has 0 aliphatic heterocycles. The van der Waals surface area contributed by atoms with Crippen molar-refractivity contribution in [2.75, 3.05) is 5.32 Å². The molecule has 0 amide bonds. The molecular weight excluding hydrogens is 294 g/mol. The molecule has 2 heterocycles. The normalized spacial score (nSPS) is 11.9. The lowest BCUT2D eigenvalue weighted by molar-refractivity contribution is 0.629. The maximum atomic E-state index is 6.00. The van der Waals surface area contributed by atoms with Crippen molar-refractivity contribution in [3.05, 3.63) is 53.2 Å². The van der Waals surface area contributed by atoms with Crippen LogP contribution in [0.1, 0.15) is 26.3 Å². The van der Waals surface area contributed by atoms with Crippen LogP contribution in [0.15, 0.2) is 42.6 Å². The number of hydrogen-bond donors (Lipinski definition) is 1. The molecule has 0 aliphatic rings. The Morgan fingerprint density at radius 1 is 1.09 bits per heavy atom. The van der Waals surface area contributed by atoms with Crippen molar-refractivity contribution < 1.29 is 0 Å². The van der Waals surface area contributed by atoms with E-state index in [0.29, 0.717) is 0 Å². The highest BCUT2D eigenvalue weighted by Crippen LogP contribution is 2.31. The lowest BCUT2D eigenvalue weighted by Crippen LogP contribution is -2.27. The summed E-state index contributed by atoms with van der Waals surface area (Å²) in [7, 11) is 0. The second-order valence-electron chi connectivity index (χ2n) is 6.62. The van der Waals surface area contributed by atoms with Crippen LogP contribution >= 0.6 is 11.6 Å². The third kappa shape index (κ3) is 2.95. The quantitative estimate of drug-likeness (QED) is 0.707. The van der Waals surface area contributed by atoms with Gasteiger partial charge in [-0.3, -0.25) is 4.40 Å². The van der Waals surface area contributed by atoms with Gasteiger partial charge in [0, 0.05) is 22.3 Å². The third-order valence-corrected chi connectivity index (χ3v) is 3.64. The molecule has 22 heavy (non-hydrogen) atoms. The number of halogens is 1. The van der Waals surface area contributed by atoms with Crippen LogP contribution in [0.2, 0.25) is 5.02 Å². The minimum absolute atomic E-state index is 0.0535. The first-order valence-corrected chi connectivity index (χ1v) is 7.74. The highest BCUT2D eigenvalue weighted by atomic mass is 35.5. The number of benzene rings is 1. The Morgan fingerprint density at radius 2 is 1.77 bits per heavy atom. The van der Waals surface area contributed by atoms with Crippen molar-refractivity contribution >= 4 is 23.1 Å². The van der Waals surface area contributed by atoms with Gasteiger partial charge in [-0.05, 0) is 57.5 Å². The molecule has 0 unspecified atom stereocenters. The van der Waals surface area contributed by atoms with Crippen LogP contribution in [0, 0.1) is 6.92 Å². The molecule has 3 aromatic rings. The number of pyridine rings is 1. The molecule has 1 aromatic carbocycles. The molecule has 0 saturated heterocycles. The van der Waals surface area contributed by atoms with Gasteiger partial charge in [0.05, 0.1) is 0 Å². The van der Waals surface area contributed by atoms with E-state index >= 15 is 0 Å². The third-order valence-electron chi connectivity index (χ3n) is 3.39. The van der Waals surface area contributed by atoms with E-state index in [0.717, 1.165) is 27.7 Å². The number of aryl methyl sites for hydroxylation is 1. The summed E-state index contributed by atoms with van der Waals surface area (Å²) < 4.78 is 2.10. The summed E-state index contributed by atoms with van der Waals surface area (Å²) >= 11 is 6.00. The van der Waals surface area contributed by atoms with E-state index in [1.165, 1.54) is 5.56 Å². The molecule has 0 fully saturated rings. The highest BCUT2D eigenvalue weighted by Gasteiger charge is 2.19. The summed E-state index contributed by atoms with van der Waals surface area (Å²) in [6, 6.07) is 12.0. The van der Waals surface area contributed by atoms with E-state index in [2.05, 4.69) is 55.7 Å². The van der Waals surface area contributed by atoms with Crippen LogP contribution in [0.5, 0.6) is 0 Å². The van der Waals surface area contributed by atoms with Gasteiger partial charge in [0.25, 0.3) is 0 Å². The van der Waals surface area contributed by atoms with E-state index in [4.69, 9.17) is 16.6 Å². The average Bonchev–Trinajstić information content (AvgIpc) is 2.75. The van der Waals surface area contributed by atoms with Gasteiger partial charge >= 0.3 is 0 Å². The van der Waals surface area contributed by atoms with Crippen molar-refractivity contribution in [2.24, 2.45) is 0 Å². The number of nitrogens with one attached hydrogen (secondary N) is 1. The van der Waals surface area contributed by atoms with Crippen LogP contribution < -0.4 is 5.32 Å². The van der Waals surface area contributed by atoms with Crippen LogP contribution in [0.4, 0.5) is 5.82 Å². The molecule has 0 spiro atoms. The number of fused-ring (bicyclic) bond motifs is 1. The lowest BCUT2D eigenvalue weighted by Gasteiger charge is -2.22. The molecule has 0 radical (unpaired) electrons. The average molecular weight is 314 g/mol. The van der Waals surface area contributed by atoms with Gasteiger partial charge in [0.1, 0.15) is 17.2 Å². The molecule has 0 bridgehead atoms. The molecular formula is C18H20ClN3. The number of aromatic nitrogens is 2. The maximum absolute atomic E-state index is 6.00. The van der Waals surface area contributed by atoms with Crippen LogP contribution in [-0.2, 0) is 0 Å². The van der Waals surface area contributed by atoms with E-state index < -0.39 is 0 Å². The van der Waals surface area contributed by atoms with Crippen molar-refractivity contribution in [3.8, 4) is 11.3 Å². The minimum atomic E-state index is -0.0535. The van der Waals surface area contributed by atoms with Gasteiger partial charge in [-0.1, -0.05) is 23.7 Å². The summed E-state index contributed by atoms with van der Waals surface area (Å²) in [5.41, 5.74) is 4.08. The second-order valence-corrected chi connectivity index (χ2v) is 7.06. The maximum Gasteiger partial charge on any atom is 0.139 e. The fourth-order valence-electron chi connectivity index (χ4n) is 2.43. The van der Waals surface area contributed by atoms with Gasteiger partial charge in [0.2, 0.25) is 0 Å². The molecule has 4 heteroatoms. The Morgan fingerprint density at radius 3 is 2.41 bits per heavy atom. The first-order valence-electron chi connectivity index (χ1n) is 7.36. The van der Waals surface area contributed by atoms with E-state index in [-0.39, 0.29) is 5.54 Å². The summed E-state index contributed by atoms with van der Waals surface area (Å²) in [6.07, 6.45) is 2.06. The monoisotopic (exact) mass is 313 g/mol. The smallest absolute Gasteiger partial charge is 0.139 e. The number of nitrogens with zero attached hydrogens (tertiary/aromatic N) is 2. The van der Waals surface area contributed by atoms with Crippen molar-refractivity contribution in [2.45, 2.75) is 33.2 Å². The first-order chi connectivity index (χ1) is 10.3. The molecule has 3 nitrogen and oxygen atoms in total. The molecule has 0 aliphatic carbocycles. The number of imidazole rings is 1. The number of rotatable bonds is 2. The predicted octanol–water partition coefficient (Wildman–Crippen LogP) is 5.17. The van der Waals surface area contributed by atoms with Crippen LogP contribution in [0.3, 0.4) is 0 Å². The first kappa shape index (κ1) is 14.9. The van der Waals surface area contributed by atoms with Crippen molar-refractivity contribution in [1.29, 1.82) is 0 Å². The summed E-state index contributed by atoms with van der Waals surface area (Å²) in [5.74, 6) is 1.00. The van der Waals surface area contributed by atoms with E-state index in [1.54, 1.807) is 0 Å². The highest BCUT2D eigenvalue weighted by molar-refractivity contribution is 6.30. The minimum Gasteiger partial charge on any atom is -0.365 e. The fourth-order valence-corrected chi connectivity index (χ4v) is 2.56. The molecule has 0 saturated carbocycles. The lowest BCUT2D eigenvalue weighted by atomic mass is 10.1. The summed E-state index contributed by atoms with van der Waals surface area (Å²) in [6.45, 7) is 8.51. The van der Waals surface area contributed by atoms with E-state index in [1.807, 2.05) is 24.3 Å². The second kappa shape index (κ2) is 5.33.